The number of aryl methyl sites for hydroxylation is 1. The van der Waals surface area contributed by atoms with Crippen LogP contribution in [0, 0.1) is 13.8 Å². The number of para-hydroxylation sites is 1. The summed E-state index contributed by atoms with van der Waals surface area (Å²) in [7, 11) is -3.77. The number of hydrogen-bond acceptors (Lipinski definition) is 3. The number of carbonyl (C=O) groups excluding carboxylic acids is 1. The van der Waals surface area contributed by atoms with E-state index in [0.717, 1.165) is 16.8 Å². The summed E-state index contributed by atoms with van der Waals surface area (Å²) in [6, 6.07) is 18.5. The van der Waals surface area contributed by atoms with E-state index in [0.29, 0.717) is 16.3 Å². The summed E-state index contributed by atoms with van der Waals surface area (Å²) < 4.78 is 27.6. The summed E-state index contributed by atoms with van der Waals surface area (Å²) in [4.78, 5) is 12.3. The van der Waals surface area contributed by atoms with Gasteiger partial charge in [0.1, 0.15) is 0 Å². The van der Waals surface area contributed by atoms with Crippen LogP contribution >= 0.6 is 11.6 Å². The third-order valence-corrected chi connectivity index (χ3v) is 6.31. The van der Waals surface area contributed by atoms with Gasteiger partial charge in [0.2, 0.25) is 5.91 Å². The maximum atomic E-state index is 12.5. The minimum Gasteiger partial charge on any atom is -0.322 e. The molecule has 3 aromatic carbocycles. The van der Waals surface area contributed by atoms with Gasteiger partial charge in [-0.2, -0.15) is 0 Å². The van der Waals surface area contributed by atoms with Crippen LogP contribution in [0.5, 0.6) is 0 Å². The largest absolute Gasteiger partial charge is 0.322 e. The Balaban J connectivity index is 1.68. The van der Waals surface area contributed by atoms with Gasteiger partial charge in [-0.1, -0.05) is 48.0 Å². The number of sulfonamides is 1. The molecular weight excluding hydrogens is 420 g/mol. The van der Waals surface area contributed by atoms with E-state index in [2.05, 4.69) is 10.0 Å². The summed E-state index contributed by atoms with van der Waals surface area (Å²) in [6.07, 6.45) is 3.03. The monoisotopic (exact) mass is 440 g/mol. The molecule has 0 aromatic heterocycles. The number of rotatable bonds is 6. The summed E-state index contributed by atoms with van der Waals surface area (Å²) in [6.45, 7) is 3.93. The quantitative estimate of drug-likeness (QED) is 0.503. The highest BCUT2D eigenvalue weighted by Gasteiger charge is 2.15. The van der Waals surface area contributed by atoms with Crippen LogP contribution in [0.25, 0.3) is 6.08 Å². The van der Waals surface area contributed by atoms with E-state index >= 15 is 0 Å². The SMILES string of the molecule is Cc1cccc(NC(=O)/C=C/c2ccc(S(=O)(=O)Nc3ccccc3Cl)cc2)c1C. The van der Waals surface area contributed by atoms with E-state index in [1.54, 1.807) is 42.5 Å². The molecule has 0 fully saturated rings. The van der Waals surface area contributed by atoms with Crippen LogP contribution in [-0.4, -0.2) is 14.3 Å². The molecule has 0 saturated heterocycles. The van der Waals surface area contributed by atoms with Gasteiger partial charge in [-0.3, -0.25) is 9.52 Å². The first kappa shape index (κ1) is 21.6. The molecule has 0 atom stereocenters. The second-order valence-electron chi connectivity index (χ2n) is 6.72. The molecule has 5 nitrogen and oxygen atoms in total. The van der Waals surface area contributed by atoms with Crippen LogP contribution in [-0.2, 0) is 14.8 Å². The summed E-state index contributed by atoms with van der Waals surface area (Å²) in [5.74, 6) is -0.263. The lowest BCUT2D eigenvalue weighted by Crippen LogP contribution is -2.13. The topological polar surface area (TPSA) is 75.3 Å². The van der Waals surface area contributed by atoms with E-state index in [9.17, 15) is 13.2 Å². The van der Waals surface area contributed by atoms with Crippen LogP contribution in [0.15, 0.2) is 77.7 Å². The Labute approximate surface area is 181 Å². The van der Waals surface area contributed by atoms with Gasteiger partial charge in [0, 0.05) is 11.8 Å². The van der Waals surface area contributed by atoms with Crippen molar-refractivity contribution in [2.45, 2.75) is 18.7 Å². The van der Waals surface area contributed by atoms with E-state index in [-0.39, 0.29) is 10.8 Å². The molecule has 3 aromatic rings. The molecule has 0 aliphatic carbocycles. The molecule has 1 amide bonds. The molecule has 7 heteroatoms. The molecule has 30 heavy (non-hydrogen) atoms. The van der Waals surface area contributed by atoms with Crippen molar-refractivity contribution in [3.8, 4) is 0 Å². The van der Waals surface area contributed by atoms with Crippen LogP contribution in [0.1, 0.15) is 16.7 Å². The highest BCUT2D eigenvalue weighted by Crippen LogP contribution is 2.24. The normalized spacial score (nSPS) is 11.4. The summed E-state index contributed by atoms with van der Waals surface area (Å²) >= 11 is 6.02. The molecule has 0 spiro atoms. The van der Waals surface area contributed by atoms with Crippen molar-refractivity contribution in [1.29, 1.82) is 0 Å². The van der Waals surface area contributed by atoms with Crippen LogP contribution < -0.4 is 10.0 Å². The summed E-state index contributed by atoms with van der Waals surface area (Å²) in [5.41, 5.74) is 3.88. The maximum absolute atomic E-state index is 12.5. The number of anilines is 2. The van der Waals surface area contributed by atoms with Gasteiger partial charge in [-0.05, 0) is 66.9 Å². The van der Waals surface area contributed by atoms with Crippen LogP contribution in [0.2, 0.25) is 5.02 Å². The number of halogens is 1. The van der Waals surface area contributed by atoms with Crippen molar-refractivity contribution < 1.29 is 13.2 Å². The van der Waals surface area contributed by atoms with Crippen LogP contribution in [0.3, 0.4) is 0 Å². The lowest BCUT2D eigenvalue weighted by Gasteiger charge is -2.09. The zero-order valence-corrected chi connectivity index (χ0v) is 18.1. The first-order valence-electron chi connectivity index (χ1n) is 9.19. The molecule has 0 bridgehead atoms. The Morgan fingerprint density at radius 1 is 0.900 bits per heavy atom. The molecule has 0 saturated carbocycles. The van der Waals surface area contributed by atoms with E-state index in [4.69, 9.17) is 11.6 Å². The fourth-order valence-electron chi connectivity index (χ4n) is 2.74. The Morgan fingerprint density at radius 3 is 2.27 bits per heavy atom. The number of hydrogen-bond donors (Lipinski definition) is 2. The Morgan fingerprint density at radius 2 is 1.57 bits per heavy atom. The Kier molecular flexibility index (Phi) is 6.59. The van der Waals surface area contributed by atoms with Gasteiger partial charge in [0.25, 0.3) is 10.0 Å². The molecule has 3 rings (SSSR count). The average molecular weight is 441 g/mol. The molecule has 0 aliphatic heterocycles. The van der Waals surface area contributed by atoms with Gasteiger partial charge >= 0.3 is 0 Å². The van der Waals surface area contributed by atoms with Crippen molar-refractivity contribution >= 4 is 45.0 Å². The molecule has 2 N–H and O–H groups in total. The molecule has 0 aliphatic rings. The van der Waals surface area contributed by atoms with Gasteiger partial charge in [0.05, 0.1) is 15.6 Å². The minimum atomic E-state index is -3.77. The van der Waals surface area contributed by atoms with Crippen LogP contribution in [0.4, 0.5) is 11.4 Å². The fraction of sp³-hybridized carbons (Fsp3) is 0.0870. The first-order chi connectivity index (χ1) is 14.3. The molecule has 0 unspecified atom stereocenters. The zero-order valence-electron chi connectivity index (χ0n) is 16.5. The lowest BCUT2D eigenvalue weighted by atomic mass is 10.1. The number of amides is 1. The van der Waals surface area contributed by atoms with Crippen molar-refractivity contribution in [3.63, 3.8) is 0 Å². The van der Waals surface area contributed by atoms with E-state index in [1.165, 1.54) is 18.2 Å². The third-order valence-electron chi connectivity index (χ3n) is 4.60. The van der Waals surface area contributed by atoms with Crippen molar-refractivity contribution in [2.24, 2.45) is 0 Å². The van der Waals surface area contributed by atoms with Crippen molar-refractivity contribution in [2.75, 3.05) is 10.0 Å². The standard InChI is InChI=1S/C23H21ClN2O3S/c1-16-6-5-9-21(17(16)2)25-23(27)15-12-18-10-13-19(14-11-18)30(28,29)26-22-8-4-3-7-20(22)24/h3-15,26H,1-2H3,(H,25,27)/b15-12+. The van der Waals surface area contributed by atoms with Gasteiger partial charge < -0.3 is 5.32 Å². The molecular formula is C23H21ClN2O3S. The smallest absolute Gasteiger partial charge is 0.261 e. The van der Waals surface area contributed by atoms with Gasteiger partial charge in [-0.15, -0.1) is 0 Å². The van der Waals surface area contributed by atoms with Crippen molar-refractivity contribution in [3.05, 3.63) is 94.5 Å². The molecule has 0 heterocycles. The van der Waals surface area contributed by atoms with E-state index in [1.807, 2.05) is 32.0 Å². The van der Waals surface area contributed by atoms with Crippen molar-refractivity contribution in [1.82, 2.24) is 0 Å². The van der Waals surface area contributed by atoms with Gasteiger partial charge in [0.15, 0.2) is 0 Å². The predicted octanol–water partition coefficient (Wildman–Crippen LogP) is 5.41. The number of carbonyl (C=O) groups is 1. The van der Waals surface area contributed by atoms with Gasteiger partial charge in [-0.25, -0.2) is 8.42 Å². The second-order valence-corrected chi connectivity index (χ2v) is 8.81. The Hall–Kier alpha value is -3.09. The average Bonchev–Trinajstić information content (AvgIpc) is 2.72. The Bertz CT molecular complexity index is 1200. The zero-order chi connectivity index (χ0) is 21.7. The summed E-state index contributed by atoms with van der Waals surface area (Å²) in [5, 5.41) is 3.16. The highest BCUT2D eigenvalue weighted by atomic mass is 35.5. The third kappa shape index (κ3) is 5.28. The highest BCUT2D eigenvalue weighted by molar-refractivity contribution is 7.92. The second kappa shape index (κ2) is 9.15. The predicted molar refractivity (Wildman–Crippen MR) is 122 cm³/mol. The number of nitrogens with one attached hydrogen (secondary N) is 2. The minimum absolute atomic E-state index is 0.0967. The first-order valence-corrected chi connectivity index (χ1v) is 11.0. The lowest BCUT2D eigenvalue weighted by molar-refractivity contribution is -0.111. The van der Waals surface area contributed by atoms with E-state index < -0.39 is 10.0 Å². The number of benzene rings is 3. The fourth-order valence-corrected chi connectivity index (χ4v) is 4.06. The molecule has 0 radical (unpaired) electrons. The molecule has 154 valence electrons. The maximum Gasteiger partial charge on any atom is 0.261 e.